The lowest BCUT2D eigenvalue weighted by Crippen LogP contribution is -2.18. The van der Waals surface area contributed by atoms with Crippen molar-refractivity contribution in [3.05, 3.63) is 30.0 Å². The van der Waals surface area contributed by atoms with Gasteiger partial charge in [-0.3, -0.25) is 4.79 Å². The van der Waals surface area contributed by atoms with Crippen molar-refractivity contribution in [2.75, 3.05) is 26.1 Å². The van der Waals surface area contributed by atoms with Crippen molar-refractivity contribution in [2.45, 2.75) is 13.0 Å². The largest absolute Gasteiger partial charge is 0.497 e. The molecule has 1 aliphatic rings. The number of aryl methyl sites for hydroxylation is 1. The van der Waals surface area contributed by atoms with E-state index < -0.39 is 0 Å². The molecule has 0 saturated heterocycles. The van der Waals surface area contributed by atoms with Gasteiger partial charge in [0, 0.05) is 19.0 Å². The Morgan fingerprint density at radius 1 is 1.36 bits per heavy atom. The van der Waals surface area contributed by atoms with Crippen LogP contribution in [0.4, 0.5) is 5.69 Å². The van der Waals surface area contributed by atoms with Gasteiger partial charge in [-0.15, -0.1) is 0 Å². The van der Waals surface area contributed by atoms with Crippen molar-refractivity contribution in [1.29, 1.82) is 0 Å². The fraction of sp³-hybridized carbons (Fsp3) is 0.333. The summed E-state index contributed by atoms with van der Waals surface area (Å²) in [5.41, 5.74) is 0.937. The molecule has 0 atom stereocenters. The number of rotatable bonds is 4. The molecule has 1 amide bonds. The summed E-state index contributed by atoms with van der Waals surface area (Å²) in [4.78, 5) is 12.5. The Kier molecular flexibility index (Phi) is 3.86. The van der Waals surface area contributed by atoms with Crippen molar-refractivity contribution in [1.82, 2.24) is 9.78 Å². The monoisotopic (exact) mass is 303 g/mol. The number of ether oxygens (including phenoxy) is 3. The first kappa shape index (κ1) is 14.2. The predicted molar refractivity (Wildman–Crippen MR) is 79.8 cm³/mol. The number of aromatic nitrogens is 2. The predicted octanol–water partition coefficient (Wildman–Crippen LogP) is 1.94. The van der Waals surface area contributed by atoms with Crippen LogP contribution in [0.15, 0.2) is 24.4 Å². The zero-order chi connectivity index (χ0) is 15.5. The molecule has 2 aromatic rings. The Morgan fingerprint density at radius 3 is 3.00 bits per heavy atom. The SMILES string of the molecule is COc1ccc(OC)c(NC(=O)c2cnn3c2OCCC3)c1. The molecule has 0 bridgehead atoms. The van der Waals surface area contributed by atoms with Crippen LogP contribution in [0.5, 0.6) is 17.4 Å². The van der Waals surface area contributed by atoms with Gasteiger partial charge in [0.1, 0.15) is 17.1 Å². The number of carbonyl (C=O) groups is 1. The van der Waals surface area contributed by atoms with Crippen LogP contribution in [0.25, 0.3) is 0 Å². The Balaban J connectivity index is 1.87. The maximum atomic E-state index is 12.5. The smallest absolute Gasteiger partial charge is 0.262 e. The summed E-state index contributed by atoms with van der Waals surface area (Å²) < 4.78 is 17.7. The molecular weight excluding hydrogens is 286 g/mol. The van der Waals surface area contributed by atoms with Crippen molar-refractivity contribution >= 4 is 11.6 Å². The van der Waals surface area contributed by atoms with E-state index >= 15 is 0 Å². The molecule has 2 heterocycles. The van der Waals surface area contributed by atoms with Crippen LogP contribution in [0.1, 0.15) is 16.8 Å². The van der Waals surface area contributed by atoms with Crippen LogP contribution < -0.4 is 19.5 Å². The van der Waals surface area contributed by atoms with Crippen molar-refractivity contribution in [2.24, 2.45) is 0 Å². The number of methoxy groups -OCH3 is 2. The minimum Gasteiger partial charge on any atom is -0.497 e. The zero-order valence-electron chi connectivity index (χ0n) is 12.5. The molecule has 0 unspecified atom stereocenters. The van der Waals surface area contributed by atoms with Crippen molar-refractivity contribution in [3.8, 4) is 17.4 Å². The molecule has 7 heteroatoms. The molecule has 116 valence electrons. The second-order valence-electron chi connectivity index (χ2n) is 4.81. The lowest BCUT2D eigenvalue weighted by molar-refractivity contribution is 0.102. The number of amides is 1. The van der Waals surface area contributed by atoms with E-state index in [4.69, 9.17) is 14.2 Å². The molecule has 1 N–H and O–H groups in total. The summed E-state index contributed by atoms with van der Waals surface area (Å²) in [7, 11) is 3.11. The summed E-state index contributed by atoms with van der Waals surface area (Å²) in [5, 5.41) is 6.98. The summed E-state index contributed by atoms with van der Waals surface area (Å²) in [6, 6.07) is 5.20. The van der Waals surface area contributed by atoms with Gasteiger partial charge in [-0.1, -0.05) is 0 Å². The third kappa shape index (κ3) is 2.57. The van der Waals surface area contributed by atoms with Crippen LogP contribution >= 0.6 is 0 Å². The number of nitrogens with one attached hydrogen (secondary N) is 1. The van der Waals surface area contributed by atoms with E-state index in [1.807, 2.05) is 0 Å². The van der Waals surface area contributed by atoms with E-state index in [0.717, 1.165) is 13.0 Å². The topological polar surface area (TPSA) is 74.6 Å². The average molecular weight is 303 g/mol. The number of fused-ring (bicyclic) bond motifs is 1. The molecule has 0 radical (unpaired) electrons. The quantitative estimate of drug-likeness (QED) is 0.934. The minimum atomic E-state index is -0.297. The van der Waals surface area contributed by atoms with Gasteiger partial charge in [-0.25, -0.2) is 4.68 Å². The first-order chi connectivity index (χ1) is 10.7. The minimum absolute atomic E-state index is 0.297. The highest BCUT2D eigenvalue weighted by Crippen LogP contribution is 2.30. The third-order valence-electron chi connectivity index (χ3n) is 3.44. The molecule has 3 rings (SSSR count). The highest BCUT2D eigenvalue weighted by Gasteiger charge is 2.22. The van der Waals surface area contributed by atoms with E-state index in [1.165, 1.54) is 6.20 Å². The van der Waals surface area contributed by atoms with Gasteiger partial charge in [-0.05, 0) is 12.1 Å². The first-order valence-corrected chi connectivity index (χ1v) is 6.95. The van der Waals surface area contributed by atoms with Crippen LogP contribution in [0.2, 0.25) is 0 Å². The van der Waals surface area contributed by atoms with E-state index in [0.29, 0.717) is 35.2 Å². The maximum Gasteiger partial charge on any atom is 0.262 e. The molecule has 7 nitrogen and oxygen atoms in total. The molecule has 0 saturated carbocycles. The highest BCUT2D eigenvalue weighted by molar-refractivity contribution is 6.06. The fourth-order valence-corrected chi connectivity index (χ4v) is 2.33. The van der Waals surface area contributed by atoms with E-state index in [-0.39, 0.29) is 5.91 Å². The fourth-order valence-electron chi connectivity index (χ4n) is 2.33. The van der Waals surface area contributed by atoms with E-state index in [2.05, 4.69) is 10.4 Å². The number of hydrogen-bond donors (Lipinski definition) is 1. The summed E-state index contributed by atoms with van der Waals surface area (Å²) in [6.45, 7) is 1.35. The van der Waals surface area contributed by atoms with Crippen LogP contribution in [0.3, 0.4) is 0 Å². The van der Waals surface area contributed by atoms with Gasteiger partial charge in [-0.2, -0.15) is 5.10 Å². The standard InChI is InChI=1S/C15H17N3O4/c1-20-10-4-5-13(21-2)12(8-10)17-14(19)11-9-16-18-6-3-7-22-15(11)18/h4-5,8-9H,3,6-7H2,1-2H3,(H,17,19). The molecule has 0 spiro atoms. The number of carbonyl (C=O) groups excluding carboxylic acids is 1. The Labute approximate surface area is 127 Å². The molecule has 1 aliphatic heterocycles. The highest BCUT2D eigenvalue weighted by atomic mass is 16.5. The number of nitrogens with zero attached hydrogens (tertiary/aromatic N) is 2. The molecule has 1 aromatic heterocycles. The Bertz CT molecular complexity index is 696. The van der Waals surface area contributed by atoms with Crippen LogP contribution in [-0.2, 0) is 6.54 Å². The molecule has 0 aliphatic carbocycles. The van der Waals surface area contributed by atoms with Crippen molar-refractivity contribution < 1.29 is 19.0 Å². The Hall–Kier alpha value is -2.70. The Morgan fingerprint density at radius 2 is 2.23 bits per heavy atom. The lowest BCUT2D eigenvalue weighted by Gasteiger charge is -2.16. The van der Waals surface area contributed by atoms with E-state index in [9.17, 15) is 4.79 Å². The number of benzene rings is 1. The molecule has 22 heavy (non-hydrogen) atoms. The normalized spacial score (nSPS) is 13.0. The second-order valence-corrected chi connectivity index (χ2v) is 4.81. The van der Waals surface area contributed by atoms with Gasteiger partial charge in [0.15, 0.2) is 0 Å². The lowest BCUT2D eigenvalue weighted by atomic mass is 10.2. The third-order valence-corrected chi connectivity index (χ3v) is 3.44. The van der Waals surface area contributed by atoms with Crippen LogP contribution in [-0.4, -0.2) is 36.5 Å². The number of hydrogen-bond acceptors (Lipinski definition) is 5. The summed E-state index contributed by atoms with van der Waals surface area (Å²) >= 11 is 0. The van der Waals surface area contributed by atoms with Gasteiger partial charge in [0.05, 0.1) is 32.7 Å². The summed E-state index contributed by atoms with van der Waals surface area (Å²) in [6.07, 6.45) is 2.40. The van der Waals surface area contributed by atoms with Gasteiger partial charge < -0.3 is 19.5 Å². The molecule has 0 fully saturated rings. The van der Waals surface area contributed by atoms with Gasteiger partial charge in [0.2, 0.25) is 5.88 Å². The first-order valence-electron chi connectivity index (χ1n) is 6.95. The van der Waals surface area contributed by atoms with Gasteiger partial charge >= 0.3 is 0 Å². The molecular formula is C15H17N3O4. The van der Waals surface area contributed by atoms with Gasteiger partial charge in [0.25, 0.3) is 5.91 Å². The maximum absolute atomic E-state index is 12.5. The number of anilines is 1. The molecule has 1 aromatic carbocycles. The van der Waals surface area contributed by atoms with Crippen molar-refractivity contribution in [3.63, 3.8) is 0 Å². The summed E-state index contributed by atoms with van der Waals surface area (Å²) in [5.74, 6) is 1.39. The second kappa shape index (κ2) is 5.97. The average Bonchev–Trinajstić information content (AvgIpc) is 2.99. The van der Waals surface area contributed by atoms with E-state index in [1.54, 1.807) is 37.1 Å². The van der Waals surface area contributed by atoms with Crippen LogP contribution in [0, 0.1) is 0 Å². The zero-order valence-corrected chi connectivity index (χ0v) is 12.5.